The Labute approximate surface area is 111 Å². The molecular formula is C10H16N2O4S2. The van der Waals surface area contributed by atoms with Crippen LogP contribution in [-0.4, -0.2) is 59.4 Å². The van der Waals surface area contributed by atoms with Gasteiger partial charge in [0.1, 0.15) is 0 Å². The standard InChI is InChI=1S/C10H16N2O4S2/c1-7(2)6-18(15,16)11-3-8(4-11)12-9(13)5-17-10(12)14/h7-8H,3-6H2,1-2H3. The number of thioether (sulfide) groups is 1. The molecule has 0 radical (unpaired) electrons. The number of rotatable bonds is 4. The predicted octanol–water partition coefficient (Wildman–Crippen LogP) is 0.352. The number of sulfonamides is 1. The molecule has 2 aliphatic rings. The van der Waals surface area contributed by atoms with Crippen LogP contribution < -0.4 is 0 Å². The van der Waals surface area contributed by atoms with Crippen molar-refractivity contribution < 1.29 is 18.0 Å². The summed E-state index contributed by atoms with van der Waals surface area (Å²) < 4.78 is 25.1. The van der Waals surface area contributed by atoms with Gasteiger partial charge in [0.2, 0.25) is 15.9 Å². The van der Waals surface area contributed by atoms with E-state index < -0.39 is 10.0 Å². The maximum atomic E-state index is 11.9. The zero-order valence-electron chi connectivity index (χ0n) is 10.3. The van der Waals surface area contributed by atoms with Crippen LogP contribution in [0, 0.1) is 5.92 Å². The number of carbonyl (C=O) groups is 2. The third-order valence-corrected chi connectivity index (χ3v) is 5.92. The highest BCUT2D eigenvalue weighted by atomic mass is 32.2. The van der Waals surface area contributed by atoms with E-state index >= 15 is 0 Å². The number of nitrogens with zero attached hydrogens (tertiary/aromatic N) is 2. The Bertz CT molecular complexity index is 452. The average molecular weight is 292 g/mol. The molecule has 2 aliphatic heterocycles. The molecule has 0 aromatic carbocycles. The molecule has 2 heterocycles. The first kappa shape index (κ1) is 13.8. The number of hydrogen-bond acceptors (Lipinski definition) is 5. The Kier molecular flexibility index (Phi) is 3.70. The first-order valence-electron chi connectivity index (χ1n) is 5.78. The van der Waals surface area contributed by atoms with E-state index in [0.29, 0.717) is 0 Å². The molecule has 0 aromatic rings. The Balaban J connectivity index is 1.95. The highest BCUT2D eigenvalue weighted by molar-refractivity contribution is 8.14. The number of hydrogen-bond donors (Lipinski definition) is 0. The van der Waals surface area contributed by atoms with Gasteiger partial charge < -0.3 is 0 Å². The second-order valence-corrected chi connectivity index (χ2v) is 7.90. The average Bonchev–Trinajstić information content (AvgIpc) is 2.44. The molecule has 2 saturated heterocycles. The van der Waals surface area contributed by atoms with Crippen LogP contribution in [0.25, 0.3) is 0 Å². The van der Waals surface area contributed by atoms with E-state index in [0.717, 1.165) is 11.8 Å². The van der Waals surface area contributed by atoms with E-state index in [2.05, 4.69) is 0 Å². The molecule has 2 fully saturated rings. The fraction of sp³-hybridized carbons (Fsp3) is 0.800. The van der Waals surface area contributed by atoms with Crippen LogP contribution >= 0.6 is 11.8 Å². The zero-order valence-corrected chi connectivity index (χ0v) is 12.0. The van der Waals surface area contributed by atoms with Gasteiger partial charge in [-0.2, -0.15) is 4.31 Å². The Morgan fingerprint density at radius 1 is 1.33 bits per heavy atom. The van der Waals surface area contributed by atoms with Gasteiger partial charge in [-0.25, -0.2) is 8.42 Å². The molecule has 0 unspecified atom stereocenters. The van der Waals surface area contributed by atoms with Crippen molar-refractivity contribution in [2.75, 3.05) is 24.6 Å². The van der Waals surface area contributed by atoms with Gasteiger partial charge in [0.15, 0.2) is 0 Å². The molecular weight excluding hydrogens is 276 g/mol. The molecule has 102 valence electrons. The molecule has 18 heavy (non-hydrogen) atoms. The van der Waals surface area contributed by atoms with Crippen molar-refractivity contribution in [3.63, 3.8) is 0 Å². The van der Waals surface area contributed by atoms with Crippen LogP contribution in [0.4, 0.5) is 4.79 Å². The van der Waals surface area contributed by atoms with Gasteiger partial charge in [0.25, 0.3) is 5.24 Å². The van der Waals surface area contributed by atoms with E-state index in [-0.39, 0.29) is 47.7 Å². The second-order valence-electron chi connectivity index (χ2n) is 4.96. The molecule has 0 saturated carbocycles. The van der Waals surface area contributed by atoms with Crippen LogP contribution in [-0.2, 0) is 14.8 Å². The summed E-state index contributed by atoms with van der Waals surface area (Å²) in [5, 5.41) is -0.258. The minimum atomic E-state index is -3.24. The van der Waals surface area contributed by atoms with Crippen molar-refractivity contribution >= 4 is 32.9 Å². The molecule has 0 bridgehead atoms. The number of carbonyl (C=O) groups excluding carboxylic acids is 2. The summed E-state index contributed by atoms with van der Waals surface area (Å²) in [5.41, 5.74) is 0. The van der Waals surface area contributed by atoms with Crippen molar-refractivity contribution in [3.05, 3.63) is 0 Å². The van der Waals surface area contributed by atoms with Crippen molar-refractivity contribution in [2.24, 2.45) is 5.92 Å². The van der Waals surface area contributed by atoms with E-state index in [1.54, 1.807) is 0 Å². The SMILES string of the molecule is CC(C)CS(=O)(=O)N1CC(N2C(=O)CSC2=O)C1. The largest absolute Gasteiger partial charge is 0.289 e. The van der Waals surface area contributed by atoms with Crippen molar-refractivity contribution in [3.8, 4) is 0 Å². The maximum Gasteiger partial charge on any atom is 0.289 e. The van der Waals surface area contributed by atoms with Crippen molar-refractivity contribution in [1.29, 1.82) is 0 Å². The van der Waals surface area contributed by atoms with E-state index in [9.17, 15) is 18.0 Å². The van der Waals surface area contributed by atoms with Gasteiger partial charge in [0, 0.05) is 13.1 Å². The Morgan fingerprint density at radius 2 is 1.94 bits per heavy atom. The Morgan fingerprint density at radius 3 is 2.39 bits per heavy atom. The molecule has 8 heteroatoms. The first-order chi connectivity index (χ1) is 8.31. The minimum Gasteiger partial charge on any atom is -0.273 e. The van der Waals surface area contributed by atoms with Gasteiger partial charge in [-0.1, -0.05) is 25.6 Å². The maximum absolute atomic E-state index is 11.9. The lowest BCUT2D eigenvalue weighted by molar-refractivity contribution is -0.127. The predicted molar refractivity (Wildman–Crippen MR) is 68.7 cm³/mol. The molecule has 0 N–H and O–H groups in total. The molecule has 0 aliphatic carbocycles. The lowest BCUT2D eigenvalue weighted by atomic mass is 10.1. The first-order valence-corrected chi connectivity index (χ1v) is 8.37. The third-order valence-electron chi connectivity index (χ3n) is 2.92. The van der Waals surface area contributed by atoms with Crippen LogP contribution in [0.1, 0.15) is 13.8 Å². The zero-order chi connectivity index (χ0) is 13.5. The summed E-state index contributed by atoms with van der Waals surface area (Å²) in [6.45, 7) is 4.18. The molecule has 6 nitrogen and oxygen atoms in total. The molecule has 0 atom stereocenters. The highest BCUT2D eigenvalue weighted by Gasteiger charge is 2.45. The minimum absolute atomic E-state index is 0.0691. The van der Waals surface area contributed by atoms with E-state index in [1.807, 2.05) is 13.8 Å². The van der Waals surface area contributed by atoms with Gasteiger partial charge in [-0.15, -0.1) is 0 Å². The summed E-state index contributed by atoms with van der Waals surface area (Å²) in [4.78, 5) is 24.1. The summed E-state index contributed by atoms with van der Waals surface area (Å²) in [6.07, 6.45) is 0. The summed E-state index contributed by atoms with van der Waals surface area (Å²) in [5.74, 6) is 0.139. The van der Waals surface area contributed by atoms with Crippen LogP contribution in [0.2, 0.25) is 0 Å². The molecule has 0 spiro atoms. The number of amides is 2. The summed E-state index contributed by atoms with van der Waals surface area (Å²) in [7, 11) is -3.24. The monoisotopic (exact) mass is 292 g/mol. The van der Waals surface area contributed by atoms with Gasteiger partial charge in [0.05, 0.1) is 17.5 Å². The van der Waals surface area contributed by atoms with Gasteiger partial charge in [-0.3, -0.25) is 14.5 Å². The van der Waals surface area contributed by atoms with Crippen molar-refractivity contribution in [2.45, 2.75) is 19.9 Å². The Hall–Kier alpha value is -0.600. The highest BCUT2D eigenvalue weighted by Crippen LogP contribution is 2.27. The van der Waals surface area contributed by atoms with E-state index in [4.69, 9.17) is 0 Å². The molecule has 2 amide bonds. The van der Waals surface area contributed by atoms with Gasteiger partial charge in [-0.05, 0) is 5.92 Å². The molecule has 2 rings (SSSR count). The summed E-state index contributed by atoms with van der Waals surface area (Å²) >= 11 is 0.980. The normalized spacial score (nSPS) is 22.9. The fourth-order valence-corrected chi connectivity index (χ4v) is 4.68. The van der Waals surface area contributed by atoms with Crippen molar-refractivity contribution in [1.82, 2.24) is 9.21 Å². The fourth-order valence-electron chi connectivity index (χ4n) is 2.05. The second kappa shape index (κ2) is 4.82. The third kappa shape index (κ3) is 2.55. The van der Waals surface area contributed by atoms with Crippen LogP contribution in [0.3, 0.4) is 0 Å². The van der Waals surface area contributed by atoms with Crippen LogP contribution in [0.5, 0.6) is 0 Å². The van der Waals surface area contributed by atoms with Crippen LogP contribution in [0.15, 0.2) is 0 Å². The number of imide groups is 1. The summed E-state index contributed by atoms with van der Waals surface area (Å²) in [6, 6.07) is -0.276. The molecule has 0 aromatic heterocycles. The lowest BCUT2D eigenvalue weighted by Crippen LogP contribution is -2.62. The van der Waals surface area contributed by atoms with Gasteiger partial charge >= 0.3 is 0 Å². The van der Waals surface area contributed by atoms with E-state index in [1.165, 1.54) is 9.21 Å². The lowest BCUT2D eigenvalue weighted by Gasteiger charge is -2.41. The smallest absolute Gasteiger partial charge is 0.273 e. The quantitative estimate of drug-likeness (QED) is 0.747. The topological polar surface area (TPSA) is 74.8 Å².